The zero-order chi connectivity index (χ0) is 15.5. The zero-order valence-corrected chi connectivity index (χ0v) is 11.8. The molecule has 0 radical (unpaired) electrons. The molecule has 1 aromatic carbocycles. The van der Waals surface area contributed by atoms with Crippen LogP contribution in [0.25, 0.3) is 6.08 Å². The van der Waals surface area contributed by atoms with Crippen LogP contribution in [0.2, 0.25) is 0 Å². The number of hydrogen-bond acceptors (Lipinski definition) is 5. The lowest BCUT2D eigenvalue weighted by atomic mass is 9.90. The second-order valence-corrected chi connectivity index (χ2v) is 5.46. The number of cyclic esters (lactones) is 1. The minimum atomic E-state index is -0.988. The zero-order valence-electron chi connectivity index (χ0n) is 11.8. The maximum Gasteiger partial charge on any atom is 0.349 e. The Hall–Kier alpha value is -2.61. The third-order valence-corrected chi connectivity index (χ3v) is 3.19. The van der Waals surface area contributed by atoms with E-state index in [9.17, 15) is 9.59 Å². The van der Waals surface area contributed by atoms with Crippen LogP contribution in [-0.2, 0) is 19.1 Å². The van der Waals surface area contributed by atoms with Crippen LogP contribution in [0.15, 0.2) is 35.9 Å². The van der Waals surface area contributed by atoms with E-state index in [1.54, 1.807) is 44.2 Å². The van der Waals surface area contributed by atoms with Crippen LogP contribution in [0, 0.1) is 16.7 Å². The number of benzene rings is 1. The predicted octanol–water partition coefficient (Wildman–Crippen LogP) is 2.09. The fraction of sp³-hybridized carbons (Fsp3) is 0.312. The molecule has 1 aromatic rings. The van der Waals surface area contributed by atoms with Crippen LogP contribution in [-0.4, -0.2) is 24.6 Å². The molecule has 108 valence electrons. The summed E-state index contributed by atoms with van der Waals surface area (Å²) in [6.45, 7) is 3.72. The number of esters is 2. The lowest BCUT2D eigenvalue weighted by Crippen LogP contribution is -2.35. The van der Waals surface area contributed by atoms with Gasteiger partial charge in [0, 0.05) is 5.41 Å². The molecule has 0 amide bonds. The highest BCUT2D eigenvalue weighted by Gasteiger charge is 2.46. The molecule has 1 aliphatic heterocycles. The van der Waals surface area contributed by atoms with Gasteiger partial charge >= 0.3 is 11.9 Å². The van der Waals surface area contributed by atoms with Gasteiger partial charge in [-0.2, -0.15) is 5.26 Å². The molecule has 5 heteroatoms. The minimum absolute atomic E-state index is 0.156. The second-order valence-electron chi connectivity index (χ2n) is 5.46. The summed E-state index contributed by atoms with van der Waals surface area (Å²) in [6.07, 6.45) is 0.438. The van der Waals surface area contributed by atoms with Crippen LogP contribution in [0.5, 0.6) is 0 Å². The molecule has 1 aliphatic rings. The molecule has 1 atom stereocenters. The Balaban J connectivity index is 2.17. The van der Waals surface area contributed by atoms with Crippen molar-refractivity contribution in [2.45, 2.75) is 20.0 Å². The van der Waals surface area contributed by atoms with Gasteiger partial charge in [-0.05, 0) is 11.6 Å². The Morgan fingerprint density at radius 2 is 2.10 bits per heavy atom. The van der Waals surface area contributed by atoms with E-state index in [-0.39, 0.29) is 12.2 Å². The molecule has 1 heterocycles. The SMILES string of the molecule is CC1(C)COC(=O)C1OC(=O)/C(C#N)=C/c1ccccc1. The number of nitrogens with zero attached hydrogens (tertiary/aromatic N) is 1. The Labute approximate surface area is 122 Å². The lowest BCUT2D eigenvalue weighted by molar-refractivity contribution is -0.159. The summed E-state index contributed by atoms with van der Waals surface area (Å²) in [6, 6.07) is 10.7. The predicted molar refractivity (Wildman–Crippen MR) is 74.7 cm³/mol. The largest absolute Gasteiger partial charge is 0.462 e. The molecule has 0 saturated carbocycles. The molecule has 0 bridgehead atoms. The number of ether oxygens (including phenoxy) is 2. The molecular weight excluding hydrogens is 270 g/mol. The normalized spacial score (nSPS) is 20.5. The molecule has 5 nitrogen and oxygen atoms in total. The van der Waals surface area contributed by atoms with E-state index in [1.165, 1.54) is 6.08 Å². The summed E-state index contributed by atoms with van der Waals surface area (Å²) in [7, 11) is 0. The van der Waals surface area contributed by atoms with Crippen molar-refractivity contribution in [2.24, 2.45) is 5.41 Å². The summed E-state index contributed by atoms with van der Waals surface area (Å²) in [5, 5.41) is 9.09. The fourth-order valence-electron chi connectivity index (χ4n) is 1.96. The minimum Gasteiger partial charge on any atom is -0.462 e. The van der Waals surface area contributed by atoms with E-state index in [0.717, 1.165) is 0 Å². The smallest absolute Gasteiger partial charge is 0.349 e. The molecule has 1 unspecified atom stereocenters. The maximum atomic E-state index is 12.0. The Morgan fingerprint density at radius 3 is 2.62 bits per heavy atom. The summed E-state index contributed by atoms with van der Waals surface area (Å²) < 4.78 is 10.1. The van der Waals surface area contributed by atoms with Crippen molar-refractivity contribution in [2.75, 3.05) is 6.61 Å². The fourth-order valence-corrected chi connectivity index (χ4v) is 1.96. The van der Waals surface area contributed by atoms with Crippen molar-refractivity contribution in [1.82, 2.24) is 0 Å². The van der Waals surface area contributed by atoms with Crippen LogP contribution in [0.4, 0.5) is 0 Å². The number of carbonyl (C=O) groups is 2. The first-order chi connectivity index (χ1) is 9.94. The van der Waals surface area contributed by atoms with Gasteiger partial charge in [-0.25, -0.2) is 9.59 Å². The van der Waals surface area contributed by atoms with Gasteiger partial charge in [0.05, 0.1) is 0 Å². The van der Waals surface area contributed by atoms with E-state index < -0.39 is 23.5 Å². The molecule has 0 aliphatic carbocycles. The first-order valence-corrected chi connectivity index (χ1v) is 6.48. The number of rotatable bonds is 3. The summed E-state index contributed by atoms with van der Waals surface area (Å²) in [5.41, 5.74) is -0.0454. The van der Waals surface area contributed by atoms with Gasteiger partial charge in [-0.15, -0.1) is 0 Å². The van der Waals surface area contributed by atoms with Gasteiger partial charge in [0.2, 0.25) is 6.10 Å². The van der Waals surface area contributed by atoms with Gasteiger partial charge in [-0.3, -0.25) is 0 Å². The van der Waals surface area contributed by atoms with Crippen molar-refractivity contribution < 1.29 is 19.1 Å². The van der Waals surface area contributed by atoms with Crippen molar-refractivity contribution in [3.05, 3.63) is 41.5 Å². The van der Waals surface area contributed by atoms with Gasteiger partial charge in [0.25, 0.3) is 0 Å². The van der Waals surface area contributed by atoms with Crippen LogP contribution < -0.4 is 0 Å². The third-order valence-electron chi connectivity index (χ3n) is 3.19. The third kappa shape index (κ3) is 3.29. The van der Waals surface area contributed by atoms with Crippen molar-refractivity contribution in [3.8, 4) is 6.07 Å². The molecule has 0 spiro atoms. The first-order valence-electron chi connectivity index (χ1n) is 6.48. The van der Waals surface area contributed by atoms with Gasteiger partial charge in [0.15, 0.2) is 0 Å². The van der Waals surface area contributed by atoms with Crippen LogP contribution >= 0.6 is 0 Å². The van der Waals surface area contributed by atoms with E-state index in [4.69, 9.17) is 14.7 Å². The highest BCUT2D eigenvalue weighted by Crippen LogP contribution is 2.31. The molecular formula is C16H15NO4. The van der Waals surface area contributed by atoms with Crippen molar-refractivity contribution >= 4 is 18.0 Å². The first kappa shape index (κ1) is 14.8. The molecule has 2 rings (SSSR count). The van der Waals surface area contributed by atoms with Crippen LogP contribution in [0.3, 0.4) is 0 Å². The second kappa shape index (κ2) is 5.80. The van der Waals surface area contributed by atoms with Gasteiger partial charge in [0.1, 0.15) is 18.2 Å². The highest BCUT2D eigenvalue weighted by molar-refractivity contribution is 5.99. The van der Waals surface area contributed by atoms with E-state index in [1.807, 2.05) is 6.07 Å². The van der Waals surface area contributed by atoms with E-state index in [2.05, 4.69) is 0 Å². The average Bonchev–Trinajstić information content (AvgIpc) is 2.72. The molecule has 0 aromatic heterocycles. The van der Waals surface area contributed by atoms with E-state index in [0.29, 0.717) is 5.56 Å². The molecule has 0 N–H and O–H groups in total. The molecule has 1 fully saturated rings. The average molecular weight is 285 g/mol. The highest BCUT2D eigenvalue weighted by atomic mass is 16.6. The number of nitriles is 1. The Bertz CT molecular complexity index is 625. The number of hydrogen-bond donors (Lipinski definition) is 0. The van der Waals surface area contributed by atoms with Crippen LogP contribution in [0.1, 0.15) is 19.4 Å². The Kier molecular flexibility index (Phi) is 4.08. The van der Waals surface area contributed by atoms with Gasteiger partial charge in [-0.1, -0.05) is 44.2 Å². The molecule has 1 saturated heterocycles. The maximum absolute atomic E-state index is 12.0. The lowest BCUT2D eigenvalue weighted by Gasteiger charge is -2.21. The topological polar surface area (TPSA) is 76.4 Å². The standard InChI is InChI=1S/C16H15NO4/c1-16(2)10-20-15(19)13(16)21-14(18)12(9-17)8-11-6-4-3-5-7-11/h3-8,13H,10H2,1-2H3/b12-8+. The summed E-state index contributed by atoms with van der Waals surface area (Å²) >= 11 is 0. The monoisotopic (exact) mass is 285 g/mol. The summed E-state index contributed by atoms with van der Waals surface area (Å²) in [4.78, 5) is 23.6. The van der Waals surface area contributed by atoms with E-state index >= 15 is 0 Å². The van der Waals surface area contributed by atoms with Crippen molar-refractivity contribution in [1.29, 1.82) is 5.26 Å². The van der Waals surface area contributed by atoms with Gasteiger partial charge < -0.3 is 9.47 Å². The quantitative estimate of drug-likeness (QED) is 0.483. The molecule has 21 heavy (non-hydrogen) atoms. The van der Waals surface area contributed by atoms with Crippen molar-refractivity contribution in [3.63, 3.8) is 0 Å². The Morgan fingerprint density at radius 1 is 1.43 bits per heavy atom. The summed E-state index contributed by atoms with van der Waals surface area (Å²) in [5.74, 6) is -1.40. The number of carbonyl (C=O) groups excluding carboxylic acids is 2.